The third-order valence-electron chi connectivity index (χ3n) is 3.18. The summed E-state index contributed by atoms with van der Waals surface area (Å²) in [6.07, 6.45) is 0.657. The number of nitrogens with one attached hydrogen (secondary N) is 1. The highest BCUT2D eigenvalue weighted by Crippen LogP contribution is 2.31. The number of nitrogens with zero attached hydrogens (tertiary/aromatic N) is 1. The van der Waals surface area contributed by atoms with E-state index >= 15 is 0 Å². The van der Waals surface area contributed by atoms with Gasteiger partial charge in [-0.2, -0.15) is 0 Å². The molecule has 0 aliphatic carbocycles. The largest absolute Gasteiger partial charge is 0.495 e. The lowest BCUT2D eigenvalue weighted by atomic mass is 10.0. The second-order valence-corrected chi connectivity index (χ2v) is 4.94. The first-order chi connectivity index (χ1) is 9.49. The number of hydrogen-bond acceptors (Lipinski definition) is 4. The molecule has 1 N–H and O–H groups in total. The molecule has 1 aromatic carbocycles. The topological polar surface area (TPSA) is 58.6 Å². The zero-order chi connectivity index (χ0) is 15.1. The van der Waals surface area contributed by atoms with Crippen LogP contribution in [-0.2, 0) is 9.59 Å². The SMILES string of the molecule is COc1cc(C(C)C)ccc1N(C)CCC(=O)NC=O. The van der Waals surface area contributed by atoms with Crippen molar-refractivity contribution in [1.82, 2.24) is 5.32 Å². The van der Waals surface area contributed by atoms with Crippen molar-refractivity contribution in [3.8, 4) is 5.75 Å². The van der Waals surface area contributed by atoms with E-state index in [1.807, 2.05) is 24.1 Å². The van der Waals surface area contributed by atoms with E-state index in [1.165, 1.54) is 5.56 Å². The number of rotatable bonds is 7. The van der Waals surface area contributed by atoms with Gasteiger partial charge < -0.3 is 9.64 Å². The molecule has 0 aromatic heterocycles. The average Bonchev–Trinajstić information content (AvgIpc) is 2.44. The number of carbonyl (C=O) groups excluding carboxylic acids is 2. The Balaban J connectivity index is 2.79. The highest BCUT2D eigenvalue weighted by atomic mass is 16.5. The fraction of sp³-hybridized carbons (Fsp3) is 0.467. The molecule has 5 heteroatoms. The maximum absolute atomic E-state index is 11.3. The van der Waals surface area contributed by atoms with Crippen molar-refractivity contribution in [3.63, 3.8) is 0 Å². The van der Waals surface area contributed by atoms with Crippen molar-refractivity contribution in [2.24, 2.45) is 0 Å². The second-order valence-electron chi connectivity index (χ2n) is 4.94. The van der Waals surface area contributed by atoms with E-state index in [0.717, 1.165) is 11.4 Å². The van der Waals surface area contributed by atoms with Gasteiger partial charge in [0.1, 0.15) is 5.75 Å². The fourth-order valence-corrected chi connectivity index (χ4v) is 1.90. The summed E-state index contributed by atoms with van der Waals surface area (Å²) in [5.74, 6) is 0.931. The molecule has 1 aromatic rings. The van der Waals surface area contributed by atoms with Crippen molar-refractivity contribution in [2.45, 2.75) is 26.2 Å². The molecule has 0 fully saturated rings. The fourth-order valence-electron chi connectivity index (χ4n) is 1.90. The highest BCUT2D eigenvalue weighted by molar-refractivity contribution is 5.86. The van der Waals surface area contributed by atoms with Crippen LogP contribution in [0.3, 0.4) is 0 Å². The molecular weight excluding hydrogens is 256 g/mol. The Labute approximate surface area is 119 Å². The first kappa shape index (κ1) is 16.0. The molecule has 0 aliphatic rings. The van der Waals surface area contributed by atoms with Crippen molar-refractivity contribution >= 4 is 18.0 Å². The molecule has 0 aliphatic heterocycles. The van der Waals surface area contributed by atoms with Gasteiger partial charge in [-0.1, -0.05) is 19.9 Å². The zero-order valence-corrected chi connectivity index (χ0v) is 12.5. The first-order valence-electron chi connectivity index (χ1n) is 6.61. The summed E-state index contributed by atoms with van der Waals surface area (Å²) in [6.45, 7) is 4.76. The van der Waals surface area contributed by atoms with Crippen LogP contribution < -0.4 is 15.0 Å². The molecule has 5 nitrogen and oxygen atoms in total. The Morgan fingerprint density at radius 1 is 1.45 bits per heavy atom. The maximum atomic E-state index is 11.3. The molecule has 20 heavy (non-hydrogen) atoms. The Bertz CT molecular complexity index is 472. The number of benzene rings is 1. The Morgan fingerprint density at radius 2 is 2.15 bits per heavy atom. The minimum Gasteiger partial charge on any atom is -0.495 e. The molecule has 0 heterocycles. The standard InChI is InChI=1S/C15H22N2O3/c1-11(2)12-5-6-13(14(9-12)20-4)17(3)8-7-15(19)16-10-18/h5-6,9-11H,7-8H2,1-4H3,(H,16,18,19). The number of carbonyl (C=O) groups is 2. The summed E-state index contributed by atoms with van der Waals surface area (Å²) < 4.78 is 5.41. The molecule has 110 valence electrons. The van der Waals surface area contributed by atoms with Gasteiger partial charge >= 0.3 is 0 Å². The van der Waals surface area contributed by atoms with Gasteiger partial charge in [0.2, 0.25) is 12.3 Å². The van der Waals surface area contributed by atoms with Crippen LogP contribution in [0.4, 0.5) is 5.69 Å². The molecule has 2 amide bonds. The molecule has 1 rings (SSSR count). The van der Waals surface area contributed by atoms with Gasteiger partial charge in [0.15, 0.2) is 0 Å². The Hall–Kier alpha value is -2.04. The van der Waals surface area contributed by atoms with Crippen LogP contribution in [0.2, 0.25) is 0 Å². The number of amides is 2. The molecule has 0 spiro atoms. The predicted octanol–water partition coefficient (Wildman–Crippen LogP) is 1.92. The van der Waals surface area contributed by atoms with Crippen molar-refractivity contribution in [2.75, 3.05) is 25.6 Å². The minimum atomic E-state index is -0.287. The summed E-state index contributed by atoms with van der Waals surface area (Å²) >= 11 is 0. The Kier molecular flexibility index (Phi) is 6.03. The number of methoxy groups -OCH3 is 1. The van der Waals surface area contributed by atoms with E-state index in [1.54, 1.807) is 7.11 Å². The van der Waals surface area contributed by atoms with Crippen LogP contribution >= 0.6 is 0 Å². The lowest BCUT2D eigenvalue weighted by molar-refractivity contribution is -0.125. The van der Waals surface area contributed by atoms with Gasteiger partial charge in [-0.05, 0) is 23.6 Å². The van der Waals surface area contributed by atoms with Crippen molar-refractivity contribution in [3.05, 3.63) is 23.8 Å². The molecule has 0 saturated carbocycles. The van der Waals surface area contributed by atoms with Crippen molar-refractivity contribution < 1.29 is 14.3 Å². The van der Waals surface area contributed by atoms with Gasteiger partial charge in [0.25, 0.3) is 0 Å². The second kappa shape index (κ2) is 7.53. The van der Waals surface area contributed by atoms with Crippen LogP contribution in [0.5, 0.6) is 5.75 Å². The van der Waals surface area contributed by atoms with Crippen LogP contribution in [0.1, 0.15) is 31.7 Å². The minimum absolute atomic E-state index is 0.254. The summed E-state index contributed by atoms with van der Waals surface area (Å²) in [5, 5.41) is 2.13. The summed E-state index contributed by atoms with van der Waals surface area (Å²) in [4.78, 5) is 23.4. The normalized spacial score (nSPS) is 10.2. The predicted molar refractivity (Wildman–Crippen MR) is 79.2 cm³/mol. The molecular formula is C15H22N2O3. The van der Waals surface area contributed by atoms with E-state index in [0.29, 0.717) is 18.9 Å². The average molecular weight is 278 g/mol. The van der Waals surface area contributed by atoms with E-state index in [4.69, 9.17) is 4.74 Å². The van der Waals surface area contributed by atoms with E-state index in [-0.39, 0.29) is 12.3 Å². The molecule has 0 saturated heterocycles. The molecule has 0 unspecified atom stereocenters. The lowest BCUT2D eigenvalue weighted by Crippen LogP contribution is -2.28. The third kappa shape index (κ3) is 4.26. The van der Waals surface area contributed by atoms with E-state index < -0.39 is 0 Å². The van der Waals surface area contributed by atoms with Crippen LogP contribution in [0, 0.1) is 0 Å². The number of imide groups is 1. The van der Waals surface area contributed by atoms with Crippen molar-refractivity contribution in [1.29, 1.82) is 0 Å². The first-order valence-corrected chi connectivity index (χ1v) is 6.61. The molecule has 0 bridgehead atoms. The number of ether oxygens (including phenoxy) is 1. The molecule has 0 atom stereocenters. The van der Waals surface area contributed by atoms with Gasteiger partial charge in [0, 0.05) is 20.0 Å². The van der Waals surface area contributed by atoms with Gasteiger partial charge in [-0.3, -0.25) is 14.9 Å². The summed E-state index contributed by atoms with van der Waals surface area (Å²) in [6, 6.07) is 6.07. The Morgan fingerprint density at radius 3 is 2.70 bits per heavy atom. The van der Waals surface area contributed by atoms with E-state index in [2.05, 4.69) is 25.2 Å². The smallest absolute Gasteiger partial charge is 0.228 e. The van der Waals surface area contributed by atoms with Gasteiger partial charge in [0.05, 0.1) is 12.8 Å². The molecule has 0 radical (unpaired) electrons. The maximum Gasteiger partial charge on any atom is 0.228 e. The summed E-state index contributed by atoms with van der Waals surface area (Å²) in [5.41, 5.74) is 2.13. The van der Waals surface area contributed by atoms with Gasteiger partial charge in [-0.15, -0.1) is 0 Å². The number of anilines is 1. The lowest BCUT2D eigenvalue weighted by Gasteiger charge is -2.22. The quantitative estimate of drug-likeness (QED) is 0.774. The van der Waals surface area contributed by atoms with Gasteiger partial charge in [-0.25, -0.2) is 0 Å². The number of hydrogen-bond donors (Lipinski definition) is 1. The zero-order valence-electron chi connectivity index (χ0n) is 12.5. The monoisotopic (exact) mass is 278 g/mol. The van der Waals surface area contributed by atoms with Crippen LogP contribution in [0.25, 0.3) is 0 Å². The summed E-state index contributed by atoms with van der Waals surface area (Å²) in [7, 11) is 3.52. The van der Waals surface area contributed by atoms with Crippen LogP contribution in [0.15, 0.2) is 18.2 Å². The van der Waals surface area contributed by atoms with Crippen LogP contribution in [-0.4, -0.2) is 33.0 Å². The van der Waals surface area contributed by atoms with E-state index in [9.17, 15) is 9.59 Å². The highest BCUT2D eigenvalue weighted by Gasteiger charge is 2.11. The third-order valence-corrected chi connectivity index (χ3v) is 3.18.